The number of anilines is 1. The van der Waals surface area contributed by atoms with Crippen LogP contribution in [0.2, 0.25) is 0 Å². The van der Waals surface area contributed by atoms with Crippen LogP contribution in [0.4, 0.5) is 5.69 Å². The fourth-order valence-electron chi connectivity index (χ4n) is 2.02. The van der Waals surface area contributed by atoms with Crippen molar-refractivity contribution in [1.29, 1.82) is 0 Å². The van der Waals surface area contributed by atoms with Crippen LogP contribution in [-0.2, 0) is 4.79 Å². The van der Waals surface area contributed by atoms with Gasteiger partial charge in [0.05, 0.1) is 16.9 Å². The Balaban J connectivity index is 2.07. The van der Waals surface area contributed by atoms with Crippen LogP contribution in [0.15, 0.2) is 41.5 Å². The summed E-state index contributed by atoms with van der Waals surface area (Å²) in [5.41, 5.74) is 4.33. The summed E-state index contributed by atoms with van der Waals surface area (Å²) < 4.78 is 7.38. The van der Waals surface area contributed by atoms with Crippen molar-refractivity contribution in [2.24, 2.45) is 5.10 Å². The lowest BCUT2D eigenvalue weighted by Gasteiger charge is -2.08. The molecule has 0 atom stereocenters. The SMILES string of the molecule is COc1c(I)cc(I)cc1/C=N\NC(=O)c1ccc(NC(C)=O)cc1. The summed E-state index contributed by atoms with van der Waals surface area (Å²) in [5.74, 6) is 0.200. The average molecular weight is 563 g/mol. The maximum atomic E-state index is 12.1. The van der Waals surface area contributed by atoms with Gasteiger partial charge in [-0.3, -0.25) is 9.59 Å². The van der Waals surface area contributed by atoms with E-state index in [9.17, 15) is 9.59 Å². The molecule has 0 radical (unpaired) electrons. The number of methoxy groups -OCH3 is 1. The Labute approximate surface area is 172 Å². The third-order valence-electron chi connectivity index (χ3n) is 3.08. The van der Waals surface area contributed by atoms with Crippen molar-refractivity contribution in [3.05, 3.63) is 54.7 Å². The summed E-state index contributed by atoms with van der Waals surface area (Å²) >= 11 is 4.40. The number of hydrogen-bond acceptors (Lipinski definition) is 4. The summed E-state index contributed by atoms with van der Waals surface area (Å²) in [6.45, 7) is 1.43. The van der Waals surface area contributed by atoms with Crippen molar-refractivity contribution in [3.8, 4) is 5.75 Å². The molecule has 0 unspecified atom stereocenters. The van der Waals surface area contributed by atoms with Crippen molar-refractivity contribution in [1.82, 2.24) is 5.43 Å². The van der Waals surface area contributed by atoms with E-state index in [4.69, 9.17) is 4.74 Å². The average Bonchev–Trinajstić information content (AvgIpc) is 2.54. The van der Waals surface area contributed by atoms with Gasteiger partial charge >= 0.3 is 0 Å². The standard InChI is InChI=1S/C17H15I2N3O3/c1-10(23)21-14-5-3-11(4-6-14)17(24)22-20-9-12-7-13(18)8-15(19)16(12)25-2/h3-9H,1-2H3,(H,21,23)(H,22,24)/b20-9-. The molecule has 0 spiro atoms. The summed E-state index contributed by atoms with van der Waals surface area (Å²) in [4.78, 5) is 23.1. The maximum absolute atomic E-state index is 12.1. The minimum Gasteiger partial charge on any atom is -0.495 e. The van der Waals surface area contributed by atoms with Gasteiger partial charge in [-0.25, -0.2) is 5.43 Å². The number of ether oxygens (including phenoxy) is 1. The highest BCUT2D eigenvalue weighted by Crippen LogP contribution is 2.26. The Hall–Kier alpha value is -1.69. The highest BCUT2D eigenvalue weighted by molar-refractivity contribution is 14.1. The molecule has 130 valence electrons. The van der Waals surface area contributed by atoms with Gasteiger partial charge in [-0.2, -0.15) is 5.10 Å². The van der Waals surface area contributed by atoms with E-state index in [2.05, 4.69) is 61.0 Å². The van der Waals surface area contributed by atoms with Crippen molar-refractivity contribution in [2.45, 2.75) is 6.92 Å². The number of hydrazone groups is 1. The zero-order valence-electron chi connectivity index (χ0n) is 13.5. The number of halogens is 2. The first kappa shape index (κ1) is 19.6. The number of amides is 2. The first-order valence-electron chi connectivity index (χ1n) is 7.15. The van der Waals surface area contributed by atoms with Crippen molar-refractivity contribution < 1.29 is 14.3 Å². The zero-order chi connectivity index (χ0) is 18.4. The first-order valence-corrected chi connectivity index (χ1v) is 9.30. The number of nitrogens with one attached hydrogen (secondary N) is 2. The van der Waals surface area contributed by atoms with Crippen molar-refractivity contribution in [3.63, 3.8) is 0 Å². The summed E-state index contributed by atoms with van der Waals surface area (Å²) in [6, 6.07) is 10.5. The highest BCUT2D eigenvalue weighted by Gasteiger charge is 2.08. The normalized spacial score (nSPS) is 10.6. The second-order valence-electron chi connectivity index (χ2n) is 4.97. The second kappa shape index (κ2) is 9.13. The van der Waals surface area contributed by atoms with E-state index in [-0.39, 0.29) is 11.8 Å². The predicted octanol–water partition coefficient (Wildman–Crippen LogP) is 3.63. The Kier molecular flexibility index (Phi) is 7.17. The van der Waals surface area contributed by atoms with Crippen LogP contribution < -0.4 is 15.5 Å². The third-order valence-corrected chi connectivity index (χ3v) is 4.50. The van der Waals surface area contributed by atoms with E-state index in [0.717, 1.165) is 12.7 Å². The predicted molar refractivity (Wildman–Crippen MR) is 114 cm³/mol. The largest absolute Gasteiger partial charge is 0.495 e. The van der Waals surface area contributed by atoms with Gasteiger partial charge < -0.3 is 10.1 Å². The van der Waals surface area contributed by atoms with E-state index < -0.39 is 0 Å². The van der Waals surface area contributed by atoms with Crippen LogP contribution in [0.25, 0.3) is 0 Å². The number of benzene rings is 2. The lowest BCUT2D eigenvalue weighted by molar-refractivity contribution is -0.114. The summed E-state index contributed by atoms with van der Waals surface area (Å²) in [7, 11) is 1.59. The van der Waals surface area contributed by atoms with Crippen LogP contribution >= 0.6 is 45.2 Å². The van der Waals surface area contributed by atoms with Gasteiger partial charge in [-0.05, 0) is 81.6 Å². The highest BCUT2D eigenvalue weighted by atomic mass is 127. The van der Waals surface area contributed by atoms with Crippen LogP contribution in [-0.4, -0.2) is 25.1 Å². The number of carbonyl (C=O) groups is 2. The molecule has 0 aliphatic carbocycles. The van der Waals surface area contributed by atoms with Crippen molar-refractivity contribution >= 4 is 68.9 Å². The molecular formula is C17H15I2N3O3. The fraction of sp³-hybridized carbons (Fsp3) is 0.118. The number of rotatable bonds is 5. The number of carbonyl (C=O) groups excluding carboxylic acids is 2. The molecule has 2 rings (SSSR count). The molecule has 0 heterocycles. The Morgan fingerprint density at radius 1 is 1.16 bits per heavy atom. The van der Waals surface area contributed by atoms with Crippen LogP contribution in [0.1, 0.15) is 22.8 Å². The quantitative estimate of drug-likeness (QED) is 0.332. The molecule has 0 saturated carbocycles. The topological polar surface area (TPSA) is 79.8 Å². The number of hydrogen-bond donors (Lipinski definition) is 2. The number of nitrogens with zero attached hydrogens (tertiary/aromatic N) is 1. The molecule has 0 aliphatic rings. The van der Waals surface area contributed by atoms with Crippen molar-refractivity contribution in [2.75, 3.05) is 12.4 Å². The maximum Gasteiger partial charge on any atom is 0.271 e. The van der Waals surface area contributed by atoms with Gasteiger partial charge in [0.2, 0.25) is 5.91 Å². The first-order chi connectivity index (χ1) is 11.9. The molecule has 6 nitrogen and oxygen atoms in total. The lowest BCUT2D eigenvalue weighted by Crippen LogP contribution is -2.17. The molecule has 2 aromatic rings. The molecule has 0 bridgehead atoms. The molecule has 25 heavy (non-hydrogen) atoms. The smallest absolute Gasteiger partial charge is 0.271 e. The minimum atomic E-state index is -0.343. The van der Waals surface area contributed by atoms with Gasteiger partial charge in [0.25, 0.3) is 5.91 Å². The Morgan fingerprint density at radius 3 is 2.44 bits per heavy atom. The molecule has 0 saturated heterocycles. The second-order valence-corrected chi connectivity index (χ2v) is 7.38. The molecule has 0 aliphatic heterocycles. The molecule has 2 amide bonds. The summed E-state index contributed by atoms with van der Waals surface area (Å²) in [6.07, 6.45) is 1.55. The van der Waals surface area contributed by atoms with E-state index in [1.807, 2.05) is 12.1 Å². The van der Waals surface area contributed by atoms with E-state index in [1.165, 1.54) is 6.92 Å². The van der Waals surface area contributed by atoms with Gasteiger partial charge in [0.15, 0.2) is 0 Å². The lowest BCUT2D eigenvalue weighted by atomic mass is 10.2. The van der Waals surface area contributed by atoms with Crippen LogP contribution in [0.5, 0.6) is 5.75 Å². The fourth-order valence-corrected chi connectivity index (χ4v) is 4.13. The summed E-state index contributed by atoms with van der Waals surface area (Å²) in [5, 5.41) is 6.64. The van der Waals surface area contributed by atoms with E-state index >= 15 is 0 Å². The van der Waals surface area contributed by atoms with E-state index in [0.29, 0.717) is 17.0 Å². The molecule has 2 aromatic carbocycles. The monoisotopic (exact) mass is 563 g/mol. The Morgan fingerprint density at radius 2 is 1.84 bits per heavy atom. The van der Waals surface area contributed by atoms with Gasteiger partial charge in [0, 0.05) is 27.3 Å². The molecule has 2 N–H and O–H groups in total. The molecular weight excluding hydrogens is 548 g/mol. The third kappa shape index (κ3) is 5.66. The molecule has 0 fully saturated rings. The van der Waals surface area contributed by atoms with Crippen LogP contribution in [0.3, 0.4) is 0 Å². The minimum absolute atomic E-state index is 0.164. The van der Waals surface area contributed by atoms with Gasteiger partial charge in [-0.1, -0.05) is 0 Å². The molecule has 0 aromatic heterocycles. The van der Waals surface area contributed by atoms with E-state index in [1.54, 1.807) is 37.6 Å². The van der Waals surface area contributed by atoms with Crippen LogP contribution in [0, 0.1) is 7.14 Å². The molecule has 8 heteroatoms. The Bertz CT molecular complexity index is 821. The zero-order valence-corrected chi connectivity index (χ0v) is 17.8. The van der Waals surface area contributed by atoms with Gasteiger partial charge in [-0.15, -0.1) is 0 Å². The van der Waals surface area contributed by atoms with Gasteiger partial charge in [0.1, 0.15) is 5.75 Å².